The van der Waals surface area contributed by atoms with E-state index in [2.05, 4.69) is 5.32 Å². The van der Waals surface area contributed by atoms with Gasteiger partial charge in [0.05, 0.1) is 12.6 Å². The van der Waals surface area contributed by atoms with Gasteiger partial charge in [-0.1, -0.05) is 64.2 Å². The highest BCUT2D eigenvalue weighted by molar-refractivity contribution is 5.87. The minimum atomic E-state index is -0.548. The van der Waals surface area contributed by atoms with Crippen LogP contribution in [-0.4, -0.2) is 30.6 Å². The van der Waals surface area contributed by atoms with Crippen molar-refractivity contribution in [3.05, 3.63) is 0 Å². The molecular formula is C20H36N2O3. The smallest absolute Gasteiger partial charge is 0.328 e. The van der Waals surface area contributed by atoms with Gasteiger partial charge in [0.2, 0.25) is 5.91 Å². The van der Waals surface area contributed by atoms with Crippen LogP contribution in [0.25, 0.3) is 0 Å². The Balaban J connectivity index is 1.86. The molecule has 2 fully saturated rings. The first-order valence-electron chi connectivity index (χ1n) is 10.3. The third-order valence-electron chi connectivity index (χ3n) is 5.83. The number of carbonyl (C=O) groups is 2. The summed E-state index contributed by atoms with van der Waals surface area (Å²) in [7, 11) is 0. The van der Waals surface area contributed by atoms with Crippen molar-refractivity contribution in [1.82, 2.24) is 5.32 Å². The lowest BCUT2D eigenvalue weighted by Gasteiger charge is -2.28. The zero-order valence-electron chi connectivity index (χ0n) is 15.8. The highest BCUT2D eigenvalue weighted by atomic mass is 16.5. The Morgan fingerprint density at radius 3 is 2.00 bits per heavy atom. The van der Waals surface area contributed by atoms with Crippen molar-refractivity contribution in [2.75, 3.05) is 6.61 Å². The Morgan fingerprint density at radius 2 is 1.48 bits per heavy atom. The van der Waals surface area contributed by atoms with Crippen molar-refractivity contribution in [2.45, 2.75) is 96.1 Å². The van der Waals surface area contributed by atoms with E-state index in [1.54, 1.807) is 6.92 Å². The van der Waals surface area contributed by atoms with Gasteiger partial charge in [0.1, 0.15) is 6.04 Å². The SMILES string of the molecule is CCOC(=O)[C@H](CC1CCCCC1)NC(=O)[C@H](N)CC1CCCCC1. The van der Waals surface area contributed by atoms with Crippen LogP contribution in [0.2, 0.25) is 0 Å². The number of rotatable bonds is 8. The Morgan fingerprint density at radius 1 is 0.960 bits per heavy atom. The molecule has 2 saturated carbocycles. The van der Waals surface area contributed by atoms with Crippen LogP contribution < -0.4 is 11.1 Å². The second-order valence-electron chi connectivity index (χ2n) is 7.90. The monoisotopic (exact) mass is 352 g/mol. The molecule has 0 bridgehead atoms. The number of carbonyl (C=O) groups excluding carboxylic acids is 2. The lowest BCUT2D eigenvalue weighted by molar-refractivity contribution is -0.148. The van der Waals surface area contributed by atoms with Crippen molar-refractivity contribution in [2.24, 2.45) is 17.6 Å². The van der Waals surface area contributed by atoms with Crippen LogP contribution >= 0.6 is 0 Å². The first kappa shape index (κ1) is 20.2. The summed E-state index contributed by atoms with van der Waals surface area (Å²) in [6.07, 6.45) is 13.5. The van der Waals surface area contributed by atoms with Gasteiger partial charge in [-0.3, -0.25) is 4.79 Å². The van der Waals surface area contributed by atoms with Gasteiger partial charge in [0.25, 0.3) is 0 Å². The highest BCUT2D eigenvalue weighted by Gasteiger charge is 2.29. The summed E-state index contributed by atoms with van der Waals surface area (Å²) in [4.78, 5) is 24.8. The number of nitrogens with one attached hydrogen (secondary N) is 1. The Labute approximate surface area is 152 Å². The fraction of sp³-hybridized carbons (Fsp3) is 0.900. The quantitative estimate of drug-likeness (QED) is 0.657. The van der Waals surface area contributed by atoms with Crippen LogP contribution in [0.1, 0.15) is 84.0 Å². The van der Waals surface area contributed by atoms with E-state index in [1.807, 2.05) is 0 Å². The van der Waals surface area contributed by atoms with E-state index in [9.17, 15) is 9.59 Å². The summed E-state index contributed by atoms with van der Waals surface area (Å²) in [5, 5.41) is 2.90. The molecule has 0 heterocycles. The normalized spacial score (nSPS) is 22.2. The lowest BCUT2D eigenvalue weighted by Crippen LogP contribution is -2.50. The maximum atomic E-state index is 12.5. The van der Waals surface area contributed by atoms with Gasteiger partial charge in [-0.05, 0) is 31.6 Å². The molecule has 144 valence electrons. The first-order chi connectivity index (χ1) is 12.1. The molecule has 0 aromatic carbocycles. The average molecular weight is 353 g/mol. The molecular weight excluding hydrogens is 316 g/mol. The molecule has 2 aliphatic rings. The fourth-order valence-corrected chi connectivity index (χ4v) is 4.38. The van der Waals surface area contributed by atoms with Crippen LogP contribution in [0.3, 0.4) is 0 Å². The van der Waals surface area contributed by atoms with Crippen molar-refractivity contribution in [3.63, 3.8) is 0 Å². The van der Waals surface area contributed by atoms with E-state index in [0.717, 1.165) is 19.3 Å². The van der Waals surface area contributed by atoms with Crippen LogP contribution in [-0.2, 0) is 14.3 Å². The molecule has 0 aromatic heterocycles. The van der Waals surface area contributed by atoms with Gasteiger partial charge in [0.15, 0.2) is 0 Å². The van der Waals surface area contributed by atoms with E-state index in [-0.39, 0.29) is 11.9 Å². The second-order valence-corrected chi connectivity index (χ2v) is 7.90. The van der Waals surface area contributed by atoms with Gasteiger partial charge in [-0.2, -0.15) is 0 Å². The van der Waals surface area contributed by atoms with Gasteiger partial charge >= 0.3 is 5.97 Å². The van der Waals surface area contributed by atoms with Crippen molar-refractivity contribution < 1.29 is 14.3 Å². The third-order valence-corrected chi connectivity index (χ3v) is 5.83. The molecule has 0 radical (unpaired) electrons. The zero-order chi connectivity index (χ0) is 18.1. The van der Waals surface area contributed by atoms with Gasteiger partial charge in [-0.15, -0.1) is 0 Å². The predicted molar refractivity (Wildman–Crippen MR) is 98.9 cm³/mol. The summed E-state index contributed by atoms with van der Waals surface area (Å²) in [5.74, 6) is 0.539. The van der Waals surface area contributed by atoms with Gasteiger partial charge in [0, 0.05) is 0 Å². The molecule has 0 aromatic rings. The van der Waals surface area contributed by atoms with Crippen molar-refractivity contribution in [3.8, 4) is 0 Å². The molecule has 5 heteroatoms. The molecule has 0 saturated heterocycles. The molecule has 3 N–H and O–H groups in total. The summed E-state index contributed by atoms with van der Waals surface area (Å²) < 4.78 is 5.18. The number of nitrogens with two attached hydrogens (primary N) is 1. The van der Waals surface area contributed by atoms with Gasteiger partial charge < -0.3 is 15.8 Å². The van der Waals surface area contributed by atoms with Crippen LogP contribution in [0.15, 0.2) is 0 Å². The minimum Gasteiger partial charge on any atom is -0.464 e. The van der Waals surface area contributed by atoms with E-state index in [0.29, 0.717) is 24.9 Å². The van der Waals surface area contributed by atoms with E-state index >= 15 is 0 Å². The molecule has 5 nitrogen and oxygen atoms in total. The van der Waals surface area contributed by atoms with E-state index in [1.165, 1.54) is 51.4 Å². The minimum absolute atomic E-state index is 0.195. The molecule has 0 spiro atoms. The number of ether oxygens (including phenoxy) is 1. The molecule has 0 aliphatic heterocycles. The summed E-state index contributed by atoms with van der Waals surface area (Å²) in [6.45, 7) is 2.14. The van der Waals surface area contributed by atoms with Crippen LogP contribution in [0.4, 0.5) is 0 Å². The largest absolute Gasteiger partial charge is 0.464 e. The molecule has 2 rings (SSSR count). The molecule has 2 aliphatic carbocycles. The topological polar surface area (TPSA) is 81.4 Å². The highest BCUT2D eigenvalue weighted by Crippen LogP contribution is 2.28. The van der Waals surface area contributed by atoms with Crippen LogP contribution in [0.5, 0.6) is 0 Å². The summed E-state index contributed by atoms with van der Waals surface area (Å²) in [5.41, 5.74) is 6.14. The first-order valence-corrected chi connectivity index (χ1v) is 10.3. The van der Waals surface area contributed by atoms with Crippen molar-refractivity contribution in [1.29, 1.82) is 0 Å². The summed E-state index contributed by atoms with van der Waals surface area (Å²) in [6, 6.07) is -1.07. The van der Waals surface area contributed by atoms with Crippen molar-refractivity contribution >= 4 is 11.9 Å². The number of amides is 1. The maximum absolute atomic E-state index is 12.5. The second kappa shape index (κ2) is 10.8. The average Bonchev–Trinajstić information content (AvgIpc) is 2.63. The Kier molecular flexibility index (Phi) is 8.73. The third kappa shape index (κ3) is 6.96. The zero-order valence-corrected chi connectivity index (χ0v) is 15.8. The number of hydrogen-bond acceptors (Lipinski definition) is 4. The molecule has 2 atom stereocenters. The maximum Gasteiger partial charge on any atom is 0.328 e. The van der Waals surface area contributed by atoms with Crippen LogP contribution in [0, 0.1) is 11.8 Å². The predicted octanol–water partition coefficient (Wildman–Crippen LogP) is 3.30. The van der Waals surface area contributed by atoms with E-state index < -0.39 is 12.1 Å². The number of hydrogen-bond donors (Lipinski definition) is 2. The lowest BCUT2D eigenvalue weighted by atomic mass is 9.84. The Bertz CT molecular complexity index is 415. The van der Waals surface area contributed by atoms with E-state index in [4.69, 9.17) is 10.5 Å². The molecule has 0 unspecified atom stereocenters. The molecule has 1 amide bonds. The fourth-order valence-electron chi connectivity index (χ4n) is 4.38. The standard InChI is InChI=1S/C20H36N2O3/c1-2-25-20(24)18(14-16-11-7-4-8-12-16)22-19(23)17(21)13-15-9-5-3-6-10-15/h15-18H,2-14,21H2,1H3,(H,22,23)/t17-,18+/m1/s1. The van der Waals surface area contributed by atoms with Gasteiger partial charge in [-0.25, -0.2) is 4.79 Å². The summed E-state index contributed by atoms with van der Waals surface area (Å²) >= 11 is 0. The number of esters is 1. The Hall–Kier alpha value is -1.10. The molecule has 25 heavy (non-hydrogen) atoms.